The summed E-state index contributed by atoms with van der Waals surface area (Å²) in [5.41, 5.74) is 0.654. The van der Waals surface area contributed by atoms with Crippen LogP contribution in [-0.2, 0) is 35.1 Å². The van der Waals surface area contributed by atoms with E-state index in [1.807, 2.05) is 0 Å². The zero-order valence-corrected chi connectivity index (χ0v) is 29.4. The number of carboxylic acid groups (broad SMARTS) is 2. The minimum absolute atomic E-state index is 0.0225. The van der Waals surface area contributed by atoms with Crippen molar-refractivity contribution in [2.45, 2.75) is 139 Å². The molecule has 0 saturated carbocycles. The molecule has 0 aliphatic carbocycles. The van der Waals surface area contributed by atoms with Crippen LogP contribution in [-0.4, -0.2) is 110 Å². The molecule has 50 heavy (non-hydrogen) atoms. The molecule has 1 heterocycles. The van der Waals surface area contributed by atoms with E-state index >= 15 is 0 Å². The number of aliphatic hydroxyl groups is 4. The molecule has 8 N–H and O–H groups in total. The van der Waals surface area contributed by atoms with Crippen molar-refractivity contribution in [3.8, 4) is 0 Å². The van der Waals surface area contributed by atoms with Crippen molar-refractivity contribution in [2.75, 3.05) is 19.8 Å². The number of nitrogens with one attached hydrogen (secondary N) is 2. The predicted molar refractivity (Wildman–Crippen MR) is 183 cm³/mol. The Kier molecular flexibility index (Phi) is 20.4. The molecule has 1 aromatic rings. The number of carbonyl (C=O) groups is 4. The van der Waals surface area contributed by atoms with Crippen LogP contribution in [0.3, 0.4) is 0 Å². The Hall–Kier alpha value is -2.85. The summed E-state index contributed by atoms with van der Waals surface area (Å²) in [6.07, 6.45) is 5.49. The van der Waals surface area contributed by atoms with Crippen molar-refractivity contribution >= 4 is 35.4 Å². The quantitative estimate of drug-likeness (QED) is 0.0643. The lowest BCUT2D eigenvalue weighted by Gasteiger charge is -2.46. The van der Waals surface area contributed by atoms with Gasteiger partial charge >= 0.3 is 11.9 Å². The van der Waals surface area contributed by atoms with Crippen LogP contribution in [0, 0.1) is 0 Å². The number of halogens is 1. The van der Waals surface area contributed by atoms with E-state index in [9.17, 15) is 44.7 Å². The molecule has 15 heteroatoms. The number of rotatable bonds is 26. The van der Waals surface area contributed by atoms with E-state index in [1.165, 1.54) is 0 Å². The molecule has 1 fully saturated rings. The van der Waals surface area contributed by atoms with Gasteiger partial charge in [-0.05, 0) is 30.5 Å². The number of amides is 2. The summed E-state index contributed by atoms with van der Waals surface area (Å²) in [6.45, 7) is -1.43. The summed E-state index contributed by atoms with van der Waals surface area (Å²) in [6, 6.07) is 5.15. The van der Waals surface area contributed by atoms with Crippen LogP contribution in [0.2, 0.25) is 5.02 Å². The maximum atomic E-state index is 12.4. The molecule has 1 saturated heterocycles. The van der Waals surface area contributed by atoms with Gasteiger partial charge in [-0.15, -0.1) is 0 Å². The largest absolute Gasteiger partial charge is 0.481 e. The van der Waals surface area contributed by atoms with Crippen LogP contribution >= 0.6 is 11.6 Å². The van der Waals surface area contributed by atoms with E-state index in [-0.39, 0.29) is 19.4 Å². The molecule has 0 unspecified atom stereocenters. The molecule has 14 nitrogen and oxygen atoms in total. The first-order chi connectivity index (χ1) is 23.9. The van der Waals surface area contributed by atoms with Crippen molar-refractivity contribution in [1.29, 1.82) is 0 Å². The Labute approximate surface area is 298 Å². The van der Waals surface area contributed by atoms with E-state index in [0.29, 0.717) is 17.0 Å². The van der Waals surface area contributed by atoms with Gasteiger partial charge in [0.2, 0.25) is 11.8 Å². The third-order valence-corrected chi connectivity index (χ3v) is 9.01. The highest BCUT2D eigenvalue weighted by molar-refractivity contribution is 6.30. The maximum Gasteiger partial charge on any atom is 0.364 e. The highest BCUT2D eigenvalue weighted by atomic mass is 35.5. The number of benzene rings is 1. The fourth-order valence-electron chi connectivity index (χ4n) is 5.92. The standard InChI is InChI=1S/C35H55ClN2O12/c36-25-17-15-24(16-18-25)20-28(42)37-22-27(41)32(46)33-31(38-29(43)23-39)26(40)21-35(50-33,34(47)48)49-19-13-11-9-7-5-3-1-2-4-6-8-10-12-14-30(44)45/h15-18,26-27,31-33,39-41,46H,1-14,19-23H2,(H,37,42)(H,38,43)(H,44,45)(H,47,48)/t26-,27+,31+,32+,33+,35+/m0/s1. The van der Waals surface area contributed by atoms with Gasteiger partial charge in [-0.25, -0.2) is 4.79 Å². The second-order valence-electron chi connectivity index (χ2n) is 12.9. The van der Waals surface area contributed by atoms with Crippen LogP contribution in [0.1, 0.15) is 102 Å². The molecule has 1 aliphatic rings. The molecule has 284 valence electrons. The summed E-state index contributed by atoms with van der Waals surface area (Å²) in [7, 11) is 0. The number of aliphatic carboxylic acids is 2. The first-order valence-electron chi connectivity index (χ1n) is 17.6. The highest BCUT2D eigenvalue weighted by Gasteiger charge is 2.55. The number of ether oxygens (including phenoxy) is 2. The fourth-order valence-corrected chi connectivity index (χ4v) is 6.04. The van der Waals surface area contributed by atoms with E-state index in [4.69, 9.17) is 26.2 Å². The monoisotopic (exact) mass is 730 g/mol. The minimum Gasteiger partial charge on any atom is -0.481 e. The van der Waals surface area contributed by atoms with Gasteiger partial charge in [0, 0.05) is 24.4 Å². The second kappa shape index (κ2) is 23.6. The number of aliphatic hydroxyl groups excluding tert-OH is 4. The molecular formula is C35H55ClN2O12. The third-order valence-electron chi connectivity index (χ3n) is 8.76. The summed E-state index contributed by atoms with van der Waals surface area (Å²) in [5, 5.41) is 66.0. The predicted octanol–water partition coefficient (Wildman–Crippen LogP) is 2.69. The highest BCUT2D eigenvalue weighted by Crippen LogP contribution is 2.34. The Morgan fingerprint density at radius 1 is 0.860 bits per heavy atom. The summed E-state index contributed by atoms with van der Waals surface area (Å²) >= 11 is 5.87. The van der Waals surface area contributed by atoms with Gasteiger partial charge in [0.1, 0.15) is 18.8 Å². The number of carbonyl (C=O) groups excluding carboxylic acids is 2. The number of hydrogen-bond acceptors (Lipinski definition) is 10. The van der Waals surface area contributed by atoms with E-state index in [2.05, 4.69) is 10.6 Å². The minimum atomic E-state index is -2.39. The second-order valence-corrected chi connectivity index (χ2v) is 13.4. The van der Waals surface area contributed by atoms with Gasteiger partial charge in [0.15, 0.2) is 0 Å². The average molecular weight is 731 g/mol. The van der Waals surface area contributed by atoms with E-state index < -0.39 is 79.6 Å². The van der Waals surface area contributed by atoms with Crippen LogP contribution in [0.25, 0.3) is 0 Å². The Morgan fingerprint density at radius 3 is 1.92 bits per heavy atom. The average Bonchev–Trinajstić information content (AvgIpc) is 3.08. The van der Waals surface area contributed by atoms with Gasteiger partial charge in [-0.3, -0.25) is 14.4 Å². The van der Waals surface area contributed by atoms with Crippen molar-refractivity contribution in [3.05, 3.63) is 34.9 Å². The van der Waals surface area contributed by atoms with Crippen LogP contribution < -0.4 is 10.6 Å². The van der Waals surface area contributed by atoms with Crippen LogP contribution in [0.4, 0.5) is 0 Å². The Balaban J connectivity index is 1.82. The molecule has 0 aromatic heterocycles. The van der Waals surface area contributed by atoms with Crippen molar-refractivity contribution in [3.63, 3.8) is 0 Å². The van der Waals surface area contributed by atoms with Crippen LogP contribution in [0.5, 0.6) is 0 Å². The summed E-state index contributed by atoms with van der Waals surface area (Å²) in [4.78, 5) is 47.4. The summed E-state index contributed by atoms with van der Waals surface area (Å²) < 4.78 is 11.4. The molecule has 2 amide bonds. The molecule has 0 radical (unpaired) electrons. The SMILES string of the molecule is O=C(O)CCCCCCCCCCCCCCCO[C@]1(C(=O)O)C[C@H](O)[C@@H](NC(=O)CO)[C@H]([C@H](O)[C@H](O)CNC(=O)Cc2ccc(Cl)cc2)O1. The smallest absolute Gasteiger partial charge is 0.364 e. The van der Waals surface area contributed by atoms with E-state index in [1.54, 1.807) is 24.3 Å². The van der Waals surface area contributed by atoms with Gasteiger partial charge in [-0.1, -0.05) is 94.4 Å². The normalized spacial score (nSPS) is 21.7. The fraction of sp³-hybridized carbons (Fsp3) is 0.714. The maximum absolute atomic E-state index is 12.4. The third kappa shape index (κ3) is 16.0. The van der Waals surface area contributed by atoms with Gasteiger partial charge in [0.25, 0.3) is 5.79 Å². The molecule has 0 spiro atoms. The number of carboxylic acids is 2. The van der Waals surface area contributed by atoms with Gasteiger partial charge in [0.05, 0.1) is 31.3 Å². The lowest BCUT2D eigenvalue weighted by atomic mass is 9.88. The molecule has 1 aliphatic heterocycles. The first kappa shape index (κ1) is 43.3. The first-order valence-corrected chi connectivity index (χ1v) is 18.0. The number of hydrogen-bond donors (Lipinski definition) is 8. The molecule has 1 aromatic carbocycles. The lowest BCUT2D eigenvalue weighted by Crippen LogP contribution is -2.68. The Bertz CT molecular complexity index is 1170. The van der Waals surface area contributed by atoms with Gasteiger partial charge < -0.3 is 50.7 Å². The van der Waals surface area contributed by atoms with Gasteiger partial charge in [-0.2, -0.15) is 0 Å². The molecule has 0 bridgehead atoms. The molecular weight excluding hydrogens is 676 g/mol. The molecule has 2 rings (SSSR count). The summed E-state index contributed by atoms with van der Waals surface area (Å²) in [5.74, 6) is -6.09. The van der Waals surface area contributed by atoms with Crippen molar-refractivity contribution in [2.24, 2.45) is 0 Å². The van der Waals surface area contributed by atoms with Crippen LogP contribution in [0.15, 0.2) is 24.3 Å². The zero-order chi connectivity index (χ0) is 36.9. The van der Waals surface area contributed by atoms with Crippen molar-refractivity contribution < 1.29 is 59.3 Å². The Morgan fingerprint density at radius 2 is 1.40 bits per heavy atom. The number of unbranched alkanes of at least 4 members (excludes halogenated alkanes) is 12. The van der Waals surface area contributed by atoms with E-state index in [0.717, 1.165) is 77.0 Å². The lowest BCUT2D eigenvalue weighted by molar-refractivity contribution is -0.310. The molecule has 6 atom stereocenters. The van der Waals surface area contributed by atoms with Crippen molar-refractivity contribution in [1.82, 2.24) is 10.6 Å². The zero-order valence-electron chi connectivity index (χ0n) is 28.6. The topological polar surface area (TPSA) is 232 Å².